The first-order valence-electron chi connectivity index (χ1n) is 8.96. The molecule has 3 unspecified atom stereocenters. The van der Waals surface area contributed by atoms with E-state index >= 15 is 0 Å². The lowest BCUT2D eigenvalue weighted by molar-refractivity contribution is -0.165. The van der Waals surface area contributed by atoms with Crippen molar-refractivity contribution >= 4 is 39.2 Å². The summed E-state index contributed by atoms with van der Waals surface area (Å²) in [6.07, 6.45) is 1.08. The van der Waals surface area contributed by atoms with Gasteiger partial charge in [0.05, 0.1) is 27.8 Å². The molecule has 2 aliphatic rings. The number of halogens is 2. The second kappa shape index (κ2) is 5.86. The Morgan fingerprint density at radius 3 is 2.54 bits per heavy atom. The summed E-state index contributed by atoms with van der Waals surface area (Å²) in [5.74, 6) is -0.715. The van der Waals surface area contributed by atoms with Gasteiger partial charge in [0.1, 0.15) is 5.60 Å². The monoisotopic (exact) mass is 443 g/mol. The minimum atomic E-state index is -1.11. The predicted octanol–water partition coefficient (Wildman–Crippen LogP) is 5.05. The fourth-order valence-corrected chi connectivity index (χ4v) is 5.67. The Hall–Kier alpha value is -0.780. The number of aliphatic hydroxyl groups is 1. The third kappa shape index (κ3) is 2.70. The lowest BCUT2D eigenvalue weighted by Crippen LogP contribution is -2.68. The van der Waals surface area contributed by atoms with Crippen LogP contribution in [0.25, 0.3) is 0 Å². The molecular weight excluding hydrogens is 418 g/mol. The van der Waals surface area contributed by atoms with Crippen molar-refractivity contribution in [1.82, 2.24) is 0 Å². The highest BCUT2D eigenvalue weighted by Crippen LogP contribution is 2.62. The summed E-state index contributed by atoms with van der Waals surface area (Å²) in [6.45, 7) is 11.5. The molecule has 0 saturated heterocycles. The maximum absolute atomic E-state index is 13.1. The Balaban J connectivity index is 2.22. The molecule has 0 amide bonds. The second-order valence-electron chi connectivity index (χ2n) is 9.25. The topological polar surface area (TPSA) is 58.6 Å². The van der Waals surface area contributed by atoms with Gasteiger partial charge in [0, 0.05) is 9.89 Å². The lowest BCUT2D eigenvalue weighted by atomic mass is 9.57. The van der Waals surface area contributed by atoms with Crippen molar-refractivity contribution in [3.8, 4) is 0 Å². The second-order valence-corrected chi connectivity index (χ2v) is 10.6. The molecule has 1 aromatic carbocycles. The molecule has 1 heterocycles. The van der Waals surface area contributed by atoms with E-state index in [-0.39, 0.29) is 5.97 Å². The molecule has 0 radical (unpaired) electrons. The molecule has 4 nitrogen and oxygen atoms in total. The molecule has 1 fully saturated rings. The molecule has 144 valence electrons. The van der Waals surface area contributed by atoms with E-state index in [1.165, 1.54) is 0 Å². The van der Waals surface area contributed by atoms with Crippen molar-refractivity contribution in [3.63, 3.8) is 0 Å². The Morgan fingerprint density at radius 2 is 1.96 bits per heavy atom. The molecule has 1 aromatic rings. The molecule has 2 N–H and O–H groups in total. The van der Waals surface area contributed by atoms with E-state index in [9.17, 15) is 9.90 Å². The van der Waals surface area contributed by atoms with E-state index in [0.717, 1.165) is 15.7 Å². The van der Waals surface area contributed by atoms with Crippen molar-refractivity contribution in [2.24, 2.45) is 5.92 Å². The standard InChI is InChI=1S/C20H27BrClNO3/c1-17(2,3)26-16(24)12-7-8-20(25)18(4,5)23-15-13(19(12,20)6)9-11(21)10-14(15)22/h9-10,12,23,25H,7-8H2,1-6H3. The van der Waals surface area contributed by atoms with Crippen LogP contribution in [-0.2, 0) is 14.9 Å². The van der Waals surface area contributed by atoms with Crippen LogP contribution in [0.1, 0.15) is 59.9 Å². The molecule has 3 atom stereocenters. The minimum Gasteiger partial charge on any atom is -0.460 e. The Bertz CT molecular complexity index is 773. The first kappa shape index (κ1) is 20.0. The number of hydrogen-bond acceptors (Lipinski definition) is 4. The van der Waals surface area contributed by atoms with Crippen molar-refractivity contribution in [1.29, 1.82) is 0 Å². The minimum absolute atomic E-state index is 0.268. The number of fused-ring (bicyclic) bond motifs is 3. The van der Waals surface area contributed by atoms with Gasteiger partial charge in [-0.1, -0.05) is 34.5 Å². The summed E-state index contributed by atoms with van der Waals surface area (Å²) in [7, 11) is 0. The van der Waals surface area contributed by atoms with Crippen molar-refractivity contribution < 1.29 is 14.6 Å². The Kier molecular flexibility index (Phi) is 4.50. The number of anilines is 1. The van der Waals surface area contributed by atoms with Crippen LogP contribution < -0.4 is 5.32 Å². The fourth-order valence-electron chi connectivity index (χ4n) is 4.81. The number of esters is 1. The maximum Gasteiger partial charge on any atom is 0.310 e. The summed E-state index contributed by atoms with van der Waals surface area (Å²) in [6, 6.07) is 3.78. The third-order valence-corrected chi connectivity index (χ3v) is 6.88. The zero-order valence-corrected chi connectivity index (χ0v) is 18.5. The molecule has 1 aliphatic carbocycles. The van der Waals surface area contributed by atoms with Gasteiger partial charge in [-0.25, -0.2) is 0 Å². The number of carbonyl (C=O) groups is 1. The van der Waals surface area contributed by atoms with Gasteiger partial charge in [-0.3, -0.25) is 4.79 Å². The average molecular weight is 445 g/mol. The van der Waals surface area contributed by atoms with Crippen LogP contribution in [0, 0.1) is 5.92 Å². The maximum atomic E-state index is 13.1. The summed E-state index contributed by atoms with van der Waals surface area (Å²) < 4.78 is 6.53. The molecule has 3 rings (SSSR count). The van der Waals surface area contributed by atoms with Gasteiger partial charge in [-0.15, -0.1) is 0 Å². The van der Waals surface area contributed by atoms with Crippen molar-refractivity contribution in [2.45, 2.75) is 76.5 Å². The molecule has 0 bridgehead atoms. The third-order valence-electron chi connectivity index (χ3n) is 6.13. The van der Waals surface area contributed by atoms with Crippen LogP contribution in [0.5, 0.6) is 0 Å². The normalized spacial score (nSPS) is 32.4. The lowest BCUT2D eigenvalue weighted by Gasteiger charge is -2.56. The van der Waals surface area contributed by atoms with Crippen molar-refractivity contribution in [3.05, 3.63) is 27.2 Å². The quantitative estimate of drug-likeness (QED) is 0.595. The number of ether oxygens (including phenoxy) is 1. The van der Waals surface area contributed by atoms with Crippen LogP contribution >= 0.6 is 27.5 Å². The molecule has 0 aromatic heterocycles. The zero-order chi connectivity index (χ0) is 19.7. The smallest absolute Gasteiger partial charge is 0.310 e. The largest absolute Gasteiger partial charge is 0.460 e. The van der Waals surface area contributed by atoms with E-state index in [4.69, 9.17) is 16.3 Å². The van der Waals surface area contributed by atoms with Gasteiger partial charge in [0.2, 0.25) is 0 Å². The summed E-state index contributed by atoms with van der Waals surface area (Å²) in [5, 5.41) is 15.8. The summed E-state index contributed by atoms with van der Waals surface area (Å²) >= 11 is 10.0. The molecule has 0 spiro atoms. The number of carbonyl (C=O) groups excluding carboxylic acids is 1. The van der Waals surface area contributed by atoms with Crippen LogP contribution in [0.3, 0.4) is 0 Å². The summed E-state index contributed by atoms with van der Waals surface area (Å²) in [5.41, 5.74) is -1.52. The number of rotatable bonds is 1. The van der Waals surface area contributed by atoms with E-state index < -0.39 is 28.1 Å². The zero-order valence-electron chi connectivity index (χ0n) is 16.2. The van der Waals surface area contributed by atoms with Crippen LogP contribution in [0.4, 0.5) is 5.69 Å². The highest BCUT2D eigenvalue weighted by atomic mass is 79.9. The van der Waals surface area contributed by atoms with Gasteiger partial charge in [0.15, 0.2) is 0 Å². The van der Waals surface area contributed by atoms with Gasteiger partial charge >= 0.3 is 5.97 Å². The van der Waals surface area contributed by atoms with Crippen LogP contribution in [-0.4, -0.2) is 27.8 Å². The summed E-state index contributed by atoms with van der Waals surface area (Å²) in [4.78, 5) is 13.1. The first-order valence-corrected chi connectivity index (χ1v) is 10.1. The highest BCUT2D eigenvalue weighted by Gasteiger charge is 2.69. The number of nitrogens with one attached hydrogen (secondary N) is 1. The van der Waals surface area contributed by atoms with Crippen LogP contribution in [0.15, 0.2) is 16.6 Å². The molecule has 1 saturated carbocycles. The Morgan fingerprint density at radius 1 is 1.35 bits per heavy atom. The first-order chi connectivity index (χ1) is 11.7. The van der Waals surface area contributed by atoms with E-state index in [1.807, 2.05) is 53.7 Å². The fraction of sp³-hybridized carbons (Fsp3) is 0.650. The van der Waals surface area contributed by atoms with Gasteiger partial charge < -0.3 is 15.2 Å². The van der Waals surface area contributed by atoms with Gasteiger partial charge in [-0.05, 0) is 65.2 Å². The SMILES string of the molecule is CC(C)(C)OC(=O)C1CCC2(O)C(C)(C)Nc3c(Cl)cc(Br)cc3C12C. The molecule has 26 heavy (non-hydrogen) atoms. The van der Waals surface area contributed by atoms with Gasteiger partial charge in [-0.2, -0.15) is 0 Å². The number of benzene rings is 1. The van der Waals surface area contributed by atoms with E-state index in [0.29, 0.717) is 17.9 Å². The molecule has 1 aliphatic heterocycles. The predicted molar refractivity (Wildman–Crippen MR) is 108 cm³/mol. The van der Waals surface area contributed by atoms with Gasteiger partial charge in [0.25, 0.3) is 0 Å². The van der Waals surface area contributed by atoms with Crippen LogP contribution in [0.2, 0.25) is 5.02 Å². The van der Waals surface area contributed by atoms with E-state index in [2.05, 4.69) is 21.2 Å². The average Bonchev–Trinajstić information content (AvgIpc) is 2.74. The Labute approximate surface area is 168 Å². The van der Waals surface area contributed by atoms with E-state index in [1.54, 1.807) is 0 Å². The highest BCUT2D eigenvalue weighted by molar-refractivity contribution is 9.10. The van der Waals surface area contributed by atoms with Crippen molar-refractivity contribution in [2.75, 3.05) is 5.32 Å². The number of hydrogen-bond donors (Lipinski definition) is 2. The molecular formula is C20H27BrClNO3. The molecule has 6 heteroatoms.